The fourth-order valence-electron chi connectivity index (χ4n) is 2.97. The summed E-state index contributed by atoms with van der Waals surface area (Å²) in [6, 6.07) is 5.98. The van der Waals surface area contributed by atoms with E-state index >= 15 is 0 Å². The first-order chi connectivity index (χ1) is 11.5. The summed E-state index contributed by atoms with van der Waals surface area (Å²) in [6.07, 6.45) is 4.02. The molecule has 1 atom stereocenters. The molecule has 0 radical (unpaired) electrons. The fraction of sp³-hybridized carbons (Fsp3) is 0.444. The zero-order chi connectivity index (χ0) is 17.5. The second-order valence-corrected chi connectivity index (χ2v) is 6.08. The SMILES string of the molecule is CC(=CC(=O)NCCCN1CCCC1C(N)=O)c1cccc(F)c1. The Bertz CT molecular complexity index is 630. The molecule has 0 spiro atoms. The third-order valence-corrected chi connectivity index (χ3v) is 4.24. The van der Waals surface area contributed by atoms with Gasteiger partial charge in [0.25, 0.3) is 0 Å². The summed E-state index contributed by atoms with van der Waals surface area (Å²) in [7, 11) is 0. The van der Waals surface area contributed by atoms with Crippen molar-refractivity contribution in [1.82, 2.24) is 10.2 Å². The molecule has 2 amide bonds. The normalized spacial score (nSPS) is 18.6. The van der Waals surface area contributed by atoms with Crippen molar-refractivity contribution < 1.29 is 14.0 Å². The molecule has 0 aromatic heterocycles. The van der Waals surface area contributed by atoms with Crippen molar-refractivity contribution in [1.29, 1.82) is 0 Å². The molecule has 1 heterocycles. The van der Waals surface area contributed by atoms with Crippen LogP contribution in [0.4, 0.5) is 4.39 Å². The summed E-state index contributed by atoms with van der Waals surface area (Å²) in [4.78, 5) is 25.3. The lowest BCUT2D eigenvalue weighted by molar-refractivity contribution is -0.122. The molecular formula is C18H24FN3O2. The summed E-state index contributed by atoms with van der Waals surface area (Å²) in [5.41, 5.74) is 6.77. The van der Waals surface area contributed by atoms with E-state index in [9.17, 15) is 14.0 Å². The van der Waals surface area contributed by atoms with Gasteiger partial charge in [0.1, 0.15) is 5.82 Å². The number of hydrogen-bond donors (Lipinski definition) is 2. The third kappa shape index (κ3) is 5.16. The first kappa shape index (κ1) is 18.1. The van der Waals surface area contributed by atoms with Crippen LogP contribution in [0.25, 0.3) is 5.57 Å². The number of nitrogens with one attached hydrogen (secondary N) is 1. The topological polar surface area (TPSA) is 75.4 Å². The van der Waals surface area contributed by atoms with E-state index in [0.29, 0.717) is 17.7 Å². The van der Waals surface area contributed by atoms with Crippen molar-refractivity contribution in [3.8, 4) is 0 Å². The van der Waals surface area contributed by atoms with Gasteiger partial charge in [-0.3, -0.25) is 14.5 Å². The number of nitrogens with zero attached hydrogens (tertiary/aromatic N) is 1. The minimum Gasteiger partial charge on any atom is -0.368 e. The maximum Gasteiger partial charge on any atom is 0.244 e. The molecule has 0 aliphatic carbocycles. The highest BCUT2D eigenvalue weighted by Gasteiger charge is 2.28. The molecule has 2 rings (SSSR count). The number of benzene rings is 1. The Hall–Kier alpha value is -2.21. The molecule has 1 aromatic rings. The average Bonchev–Trinajstić information content (AvgIpc) is 3.00. The Morgan fingerprint density at radius 3 is 2.96 bits per heavy atom. The van der Waals surface area contributed by atoms with Crippen LogP contribution in [0.5, 0.6) is 0 Å². The molecule has 1 unspecified atom stereocenters. The van der Waals surface area contributed by atoms with Gasteiger partial charge in [0, 0.05) is 19.2 Å². The Kier molecular flexibility index (Phi) is 6.49. The summed E-state index contributed by atoms with van der Waals surface area (Å²) in [5.74, 6) is -0.801. The Morgan fingerprint density at radius 2 is 2.25 bits per heavy atom. The van der Waals surface area contributed by atoms with Crippen molar-refractivity contribution in [3.05, 3.63) is 41.7 Å². The molecule has 130 valence electrons. The minimum atomic E-state index is -0.324. The molecule has 1 aromatic carbocycles. The number of amides is 2. The van der Waals surface area contributed by atoms with Crippen LogP contribution in [0, 0.1) is 5.82 Å². The molecule has 1 fully saturated rings. The van der Waals surface area contributed by atoms with Gasteiger partial charge in [-0.25, -0.2) is 4.39 Å². The highest BCUT2D eigenvalue weighted by atomic mass is 19.1. The van der Waals surface area contributed by atoms with Crippen molar-refractivity contribution in [2.45, 2.75) is 32.2 Å². The Morgan fingerprint density at radius 1 is 1.46 bits per heavy atom. The van der Waals surface area contributed by atoms with E-state index in [2.05, 4.69) is 10.2 Å². The number of primary amides is 1. The van der Waals surface area contributed by atoms with Crippen molar-refractivity contribution in [2.24, 2.45) is 5.73 Å². The van der Waals surface area contributed by atoms with E-state index in [-0.39, 0.29) is 23.7 Å². The van der Waals surface area contributed by atoms with Crippen molar-refractivity contribution in [3.63, 3.8) is 0 Å². The van der Waals surface area contributed by atoms with Crippen molar-refractivity contribution in [2.75, 3.05) is 19.6 Å². The Labute approximate surface area is 141 Å². The van der Waals surface area contributed by atoms with Gasteiger partial charge < -0.3 is 11.1 Å². The van der Waals surface area contributed by atoms with E-state index in [1.165, 1.54) is 18.2 Å². The molecule has 5 nitrogen and oxygen atoms in total. The van der Waals surface area contributed by atoms with E-state index in [0.717, 1.165) is 32.4 Å². The van der Waals surface area contributed by atoms with Gasteiger partial charge in [-0.1, -0.05) is 12.1 Å². The minimum absolute atomic E-state index is 0.171. The second kappa shape index (κ2) is 8.59. The van der Waals surface area contributed by atoms with Crippen LogP contribution in [0.2, 0.25) is 0 Å². The predicted molar refractivity (Wildman–Crippen MR) is 91.5 cm³/mol. The van der Waals surface area contributed by atoms with Gasteiger partial charge in [-0.2, -0.15) is 0 Å². The van der Waals surface area contributed by atoms with E-state index in [1.54, 1.807) is 19.1 Å². The van der Waals surface area contributed by atoms with E-state index < -0.39 is 0 Å². The van der Waals surface area contributed by atoms with Crippen LogP contribution in [-0.4, -0.2) is 42.4 Å². The van der Waals surface area contributed by atoms with Gasteiger partial charge in [-0.15, -0.1) is 0 Å². The third-order valence-electron chi connectivity index (χ3n) is 4.24. The van der Waals surface area contributed by atoms with Gasteiger partial charge in [0.05, 0.1) is 6.04 Å². The van der Waals surface area contributed by atoms with Gasteiger partial charge >= 0.3 is 0 Å². The zero-order valence-electron chi connectivity index (χ0n) is 13.9. The smallest absolute Gasteiger partial charge is 0.244 e. The fourth-order valence-corrected chi connectivity index (χ4v) is 2.97. The van der Waals surface area contributed by atoms with E-state index in [4.69, 9.17) is 5.73 Å². The number of allylic oxidation sites excluding steroid dienone is 1. The molecule has 3 N–H and O–H groups in total. The standard InChI is InChI=1S/C18H24FN3O2/c1-13(14-5-2-6-15(19)12-14)11-17(23)21-8-4-10-22-9-3-7-16(22)18(20)24/h2,5-6,11-12,16H,3-4,7-10H2,1H3,(H2,20,24)(H,21,23). The summed E-state index contributed by atoms with van der Waals surface area (Å²) in [5, 5.41) is 2.81. The maximum atomic E-state index is 13.2. The Balaban J connectivity index is 1.75. The van der Waals surface area contributed by atoms with E-state index in [1.807, 2.05) is 0 Å². The molecule has 6 heteroatoms. The zero-order valence-corrected chi connectivity index (χ0v) is 13.9. The molecule has 1 aliphatic rings. The molecule has 24 heavy (non-hydrogen) atoms. The van der Waals surface area contributed by atoms with Gasteiger partial charge in [0.15, 0.2) is 0 Å². The summed E-state index contributed by atoms with van der Waals surface area (Å²) >= 11 is 0. The maximum absolute atomic E-state index is 13.2. The van der Waals surface area contributed by atoms with Crippen LogP contribution in [0.3, 0.4) is 0 Å². The average molecular weight is 333 g/mol. The summed E-state index contributed by atoms with van der Waals surface area (Å²) in [6.45, 7) is 3.91. The largest absolute Gasteiger partial charge is 0.368 e. The number of likely N-dealkylation sites (tertiary alicyclic amines) is 1. The van der Waals surface area contributed by atoms with Crippen LogP contribution >= 0.6 is 0 Å². The monoisotopic (exact) mass is 333 g/mol. The molecule has 1 saturated heterocycles. The number of rotatable bonds is 7. The molecule has 1 aliphatic heterocycles. The van der Waals surface area contributed by atoms with Crippen LogP contribution in [0.15, 0.2) is 30.3 Å². The van der Waals surface area contributed by atoms with Crippen LogP contribution in [-0.2, 0) is 9.59 Å². The van der Waals surface area contributed by atoms with Gasteiger partial charge in [-0.05, 0) is 56.0 Å². The number of hydrogen-bond acceptors (Lipinski definition) is 3. The highest BCUT2D eigenvalue weighted by molar-refractivity contribution is 5.94. The number of carbonyl (C=O) groups excluding carboxylic acids is 2. The molecule has 0 saturated carbocycles. The highest BCUT2D eigenvalue weighted by Crippen LogP contribution is 2.17. The van der Waals surface area contributed by atoms with Gasteiger partial charge in [0.2, 0.25) is 11.8 Å². The van der Waals surface area contributed by atoms with Crippen LogP contribution < -0.4 is 11.1 Å². The lowest BCUT2D eigenvalue weighted by atomic mass is 10.1. The summed E-state index contributed by atoms with van der Waals surface area (Å²) < 4.78 is 13.2. The predicted octanol–water partition coefficient (Wildman–Crippen LogP) is 1.69. The first-order valence-electron chi connectivity index (χ1n) is 8.23. The lowest BCUT2D eigenvalue weighted by Crippen LogP contribution is -2.41. The number of carbonyl (C=O) groups is 2. The van der Waals surface area contributed by atoms with Crippen molar-refractivity contribution >= 4 is 17.4 Å². The number of nitrogens with two attached hydrogens (primary N) is 1. The second-order valence-electron chi connectivity index (χ2n) is 6.08. The lowest BCUT2D eigenvalue weighted by Gasteiger charge is -2.21. The van der Waals surface area contributed by atoms with Crippen LogP contribution in [0.1, 0.15) is 31.7 Å². The molecule has 0 bridgehead atoms. The quantitative estimate of drug-likeness (QED) is 0.589. The number of halogens is 1. The first-order valence-corrected chi connectivity index (χ1v) is 8.23. The molecular weight excluding hydrogens is 309 g/mol.